The predicted molar refractivity (Wildman–Crippen MR) is 110 cm³/mol. The van der Waals surface area contributed by atoms with Crippen LogP contribution in [0.1, 0.15) is 17.5 Å². The van der Waals surface area contributed by atoms with E-state index in [1.807, 2.05) is 42.5 Å². The Balaban J connectivity index is 1.44. The number of aryl methyl sites for hydroxylation is 1. The van der Waals surface area contributed by atoms with Gasteiger partial charge >= 0.3 is 0 Å². The minimum atomic E-state index is -3.18. The summed E-state index contributed by atoms with van der Waals surface area (Å²) in [4.78, 5) is 1.48. The van der Waals surface area contributed by atoms with Crippen molar-refractivity contribution in [2.75, 3.05) is 19.4 Å². The number of tetrazole rings is 1. The molecule has 0 saturated heterocycles. The van der Waals surface area contributed by atoms with Crippen molar-refractivity contribution in [1.82, 2.24) is 24.9 Å². The van der Waals surface area contributed by atoms with Crippen molar-refractivity contribution in [2.24, 2.45) is 0 Å². The average molecular weight is 411 g/mol. The first-order valence-corrected chi connectivity index (χ1v) is 11.1. The van der Waals surface area contributed by atoms with Gasteiger partial charge in [-0.2, -0.15) is 4.80 Å². The molecule has 0 atom stereocenters. The van der Waals surface area contributed by atoms with Crippen molar-refractivity contribution in [1.29, 1.82) is 0 Å². The molecular weight excluding hydrogens is 390 g/mol. The van der Waals surface area contributed by atoms with Gasteiger partial charge in [-0.3, -0.25) is 0 Å². The maximum absolute atomic E-state index is 11.1. The summed E-state index contributed by atoms with van der Waals surface area (Å²) in [6.07, 6.45) is 3.80. The molecule has 0 unspecified atom stereocenters. The zero-order valence-electron chi connectivity index (χ0n) is 15.9. The number of nitrogens with zero attached hydrogens (tertiary/aromatic N) is 4. The number of hydrogen-bond donors (Lipinski definition) is 1. The predicted octanol–water partition coefficient (Wildman–Crippen LogP) is 2.10. The van der Waals surface area contributed by atoms with Gasteiger partial charge in [0, 0.05) is 17.7 Å². The Bertz CT molecular complexity index is 1140. The highest BCUT2D eigenvalue weighted by Crippen LogP contribution is 2.34. The van der Waals surface area contributed by atoms with Gasteiger partial charge in [0.05, 0.1) is 12.8 Å². The molecule has 150 valence electrons. The van der Waals surface area contributed by atoms with Crippen LogP contribution in [0.2, 0.25) is 0 Å². The highest BCUT2D eigenvalue weighted by Gasteiger charge is 2.15. The second kappa shape index (κ2) is 8.14. The molecule has 29 heavy (non-hydrogen) atoms. The summed E-state index contributed by atoms with van der Waals surface area (Å²) in [6.45, 7) is 1.38. The van der Waals surface area contributed by atoms with Gasteiger partial charge in [0.25, 0.3) is 0 Å². The third-order valence-electron chi connectivity index (χ3n) is 4.51. The third-order valence-corrected chi connectivity index (χ3v) is 5.24. The molecule has 1 aliphatic heterocycles. The summed E-state index contributed by atoms with van der Waals surface area (Å²) in [5, 5.41) is 12.5. The van der Waals surface area contributed by atoms with Crippen molar-refractivity contribution in [3.05, 3.63) is 65.7 Å². The molecule has 2 heterocycles. The topological polar surface area (TPSA) is 99.0 Å². The second-order valence-electron chi connectivity index (χ2n) is 6.73. The van der Waals surface area contributed by atoms with Gasteiger partial charge in [-0.05, 0) is 34.9 Å². The van der Waals surface area contributed by atoms with Crippen LogP contribution in [0, 0.1) is 0 Å². The summed E-state index contributed by atoms with van der Waals surface area (Å²) in [7, 11) is -3.18. The molecule has 0 bridgehead atoms. The number of fused-ring (bicyclic) bond motifs is 1. The van der Waals surface area contributed by atoms with E-state index in [1.165, 1.54) is 4.80 Å². The van der Waals surface area contributed by atoms with Crippen LogP contribution < -0.4 is 9.46 Å². The summed E-state index contributed by atoms with van der Waals surface area (Å²) >= 11 is 0. The fourth-order valence-corrected chi connectivity index (χ4v) is 3.66. The fourth-order valence-electron chi connectivity index (χ4n) is 3.14. The van der Waals surface area contributed by atoms with Crippen molar-refractivity contribution in [2.45, 2.75) is 13.0 Å². The standard InChI is InChI=1S/C20H21N5O3S/c1-29(26,27)21-12-4-13-25-23-20(22-24-25)16-9-7-15(8-10-16)17-11-14-28-19-6-3-2-5-18(17)19/h2-3,5-11,21H,4,12-14H2,1H3. The first kappa shape index (κ1) is 19.3. The number of nitrogens with one attached hydrogen (secondary N) is 1. The lowest BCUT2D eigenvalue weighted by Gasteiger charge is -2.18. The van der Waals surface area contributed by atoms with Gasteiger partial charge in [-0.15, -0.1) is 10.2 Å². The molecule has 2 aromatic carbocycles. The van der Waals surface area contributed by atoms with E-state index in [-0.39, 0.29) is 0 Å². The van der Waals surface area contributed by atoms with Crippen LogP contribution in [0.25, 0.3) is 17.0 Å². The van der Waals surface area contributed by atoms with Crippen LogP contribution >= 0.6 is 0 Å². The number of rotatable bonds is 7. The lowest BCUT2D eigenvalue weighted by Crippen LogP contribution is -2.24. The molecule has 1 aromatic heterocycles. The Hall–Kier alpha value is -3.04. The van der Waals surface area contributed by atoms with Gasteiger partial charge in [-0.25, -0.2) is 13.1 Å². The molecule has 0 fully saturated rings. The maximum Gasteiger partial charge on any atom is 0.208 e. The fraction of sp³-hybridized carbons (Fsp3) is 0.250. The summed E-state index contributed by atoms with van der Waals surface area (Å²) < 4.78 is 30.3. The summed E-state index contributed by atoms with van der Waals surface area (Å²) in [6, 6.07) is 16.0. The summed E-state index contributed by atoms with van der Waals surface area (Å²) in [5.74, 6) is 1.43. The quantitative estimate of drug-likeness (QED) is 0.598. The normalized spacial score (nSPS) is 13.5. The molecule has 0 aliphatic carbocycles. The lowest BCUT2D eigenvalue weighted by molar-refractivity contribution is 0.357. The van der Waals surface area contributed by atoms with Crippen LogP contribution in [0.3, 0.4) is 0 Å². The maximum atomic E-state index is 11.1. The Kier molecular flexibility index (Phi) is 5.41. The SMILES string of the molecule is CS(=O)(=O)NCCCn1nnc(-c2ccc(C3=CCOc4ccccc43)cc2)n1. The second-order valence-corrected chi connectivity index (χ2v) is 8.56. The lowest BCUT2D eigenvalue weighted by atomic mass is 9.95. The van der Waals surface area contributed by atoms with Crippen LogP contribution in [-0.4, -0.2) is 48.0 Å². The molecule has 0 spiro atoms. The molecule has 1 N–H and O–H groups in total. The molecule has 0 amide bonds. The van der Waals surface area contributed by atoms with Crippen LogP contribution in [0.15, 0.2) is 54.6 Å². The molecule has 1 aliphatic rings. The minimum absolute atomic E-state index is 0.338. The zero-order chi connectivity index (χ0) is 20.3. The number of hydrogen-bond acceptors (Lipinski definition) is 6. The van der Waals surface area contributed by atoms with Crippen molar-refractivity contribution in [3.8, 4) is 17.1 Å². The average Bonchev–Trinajstić information content (AvgIpc) is 3.19. The van der Waals surface area contributed by atoms with E-state index in [9.17, 15) is 8.42 Å². The highest BCUT2D eigenvalue weighted by atomic mass is 32.2. The van der Waals surface area contributed by atoms with Crippen molar-refractivity contribution in [3.63, 3.8) is 0 Å². The zero-order valence-corrected chi connectivity index (χ0v) is 16.8. The summed E-state index contributed by atoms with van der Waals surface area (Å²) in [5.41, 5.74) is 4.20. The molecular formula is C20H21N5O3S. The third kappa shape index (κ3) is 4.69. The minimum Gasteiger partial charge on any atom is -0.489 e. The molecule has 0 saturated carbocycles. The Morgan fingerprint density at radius 2 is 1.86 bits per heavy atom. The van der Waals surface area contributed by atoms with Gasteiger partial charge in [-0.1, -0.05) is 42.5 Å². The van der Waals surface area contributed by atoms with Gasteiger partial charge in [0.2, 0.25) is 15.8 Å². The van der Waals surface area contributed by atoms with Crippen molar-refractivity contribution < 1.29 is 13.2 Å². The van der Waals surface area contributed by atoms with E-state index in [0.29, 0.717) is 31.9 Å². The molecule has 3 aromatic rings. The first-order chi connectivity index (χ1) is 14.0. The number of aromatic nitrogens is 4. The van der Waals surface area contributed by atoms with Crippen molar-refractivity contribution >= 4 is 15.6 Å². The largest absolute Gasteiger partial charge is 0.489 e. The van der Waals surface area contributed by atoms with Gasteiger partial charge in [0.15, 0.2) is 0 Å². The van der Waals surface area contributed by atoms with E-state index >= 15 is 0 Å². The first-order valence-electron chi connectivity index (χ1n) is 9.25. The van der Waals surface area contributed by atoms with Gasteiger partial charge in [0.1, 0.15) is 12.4 Å². The number of benzene rings is 2. The monoisotopic (exact) mass is 411 g/mol. The molecule has 4 rings (SSSR count). The number of sulfonamides is 1. The van der Waals surface area contributed by atoms with E-state index in [4.69, 9.17) is 4.74 Å². The highest BCUT2D eigenvalue weighted by molar-refractivity contribution is 7.88. The van der Waals surface area contributed by atoms with Gasteiger partial charge < -0.3 is 4.74 Å². The Morgan fingerprint density at radius 3 is 2.66 bits per heavy atom. The van der Waals surface area contributed by atoms with E-state index in [1.54, 1.807) is 0 Å². The van der Waals surface area contributed by atoms with Crippen LogP contribution in [0.5, 0.6) is 5.75 Å². The Labute approximate surface area is 169 Å². The number of ether oxygens (including phenoxy) is 1. The number of para-hydroxylation sites is 1. The van der Waals surface area contributed by atoms with E-state index in [2.05, 4.69) is 32.3 Å². The molecule has 9 heteroatoms. The van der Waals surface area contributed by atoms with Crippen LogP contribution in [-0.2, 0) is 16.6 Å². The smallest absolute Gasteiger partial charge is 0.208 e. The molecule has 8 nitrogen and oxygen atoms in total. The van der Waals surface area contributed by atoms with E-state index in [0.717, 1.165) is 34.3 Å². The van der Waals surface area contributed by atoms with E-state index < -0.39 is 10.0 Å². The Morgan fingerprint density at radius 1 is 1.10 bits per heavy atom. The molecule has 0 radical (unpaired) electrons. The van der Waals surface area contributed by atoms with Crippen LogP contribution in [0.4, 0.5) is 0 Å².